The Morgan fingerprint density at radius 3 is 2.44 bits per heavy atom. The van der Waals surface area contributed by atoms with E-state index in [0.29, 0.717) is 29.4 Å². The quantitative estimate of drug-likeness (QED) is 0.314. The lowest BCUT2D eigenvalue weighted by Gasteiger charge is -2.34. The van der Waals surface area contributed by atoms with Crippen molar-refractivity contribution >= 4 is 28.9 Å². The van der Waals surface area contributed by atoms with Gasteiger partial charge in [0.25, 0.3) is 5.91 Å². The van der Waals surface area contributed by atoms with E-state index in [9.17, 15) is 9.90 Å². The number of amides is 1. The van der Waals surface area contributed by atoms with Crippen LogP contribution in [0.25, 0.3) is 0 Å². The van der Waals surface area contributed by atoms with E-state index >= 15 is 0 Å². The third kappa shape index (κ3) is 6.34. The first-order chi connectivity index (χ1) is 16.2. The number of ether oxygens (including phenoxy) is 1. The smallest absolute Gasteiger partial charge is 0.261 e. The molecular weight excluding hydrogens is 452 g/mol. The summed E-state index contributed by atoms with van der Waals surface area (Å²) in [6.07, 6.45) is 0.889. The maximum atomic E-state index is 13.0. The molecule has 0 spiro atoms. The fraction of sp³-hybridized carbons (Fsp3) is 0.500. The first-order valence-electron chi connectivity index (χ1n) is 11.9. The molecule has 0 aliphatic carbocycles. The second-order valence-corrected chi connectivity index (χ2v) is 9.43. The number of para-hydroxylation sites is 1. The Morgan fingerprint density at radius 1 is 1.18 bits per heavy atom. The highest BCUT2D eigenvalue weighted by molar-refractivity contribution is 6.33. The number of β-amino-alcohol motifs (C(OH)–C–C–N with tert-alkyl or cyclic N) is 1. The number of aliphatic hydroxyl groups excluding tert-OH is 1. The first-order valence-corrected chi connectivity index (χ1v) is 12.3. The molecule has 34 heavy (non-hydrogen) atoms. The van der Waals surface area contributed by atoms with E-state index in [1.165, 1.54) is 0 Å². The Kier molecular flexibility index (Phi) is 9.05. The van der Waals surface area contributed by atoms with Crippen molar-refractivity contribution in [3.63, 3.8) is 0 Å². The van der Waals surface area contributed by atoms with Gasteiger partial charge in [0.2, 0.25) is 0 Å². The van der Waals surface area contributed by atoms with Crippen molar-refractivity contribution in [2.45, 2.75) is 65.3 Å². The minimum Gasteiger partial charge on any atom is -0.479 e. The topological polar surface area (TPSA) is 99.8 Å². The first kappa shape index (κ1) is 26.1. The number of rotatable bonds is 9. The van der Waals surface area contributed by atoms with Crippen LogP contribution in [-0.4, -0.2) is 53.9 Å². The highest BCUT2D eigenvalue weighted by Gasteiger charge is 2.27. The summed E-state index contributed by atoms with van der Waals surface area (Å²) in [5.41, 5.74) is 10.2. The van der Waals surface area contributed by atoms with Gasteiger partial charge in [-0.05, 0) is 68.9 Å². The standard InChI is InChI=1S/C26H37ClN4O3/c1-5-21(34-25-17(3)16(2)24(28)18(4)23(25)27)26(33)30-20-11-13-31(14-12-20)15-22(32)29-19-9-7-6-8-10-19/h6-10,20-22,29,32H,5,11-15,28H2,1-4H3,(H,30,33). The average molecular weight is 489 g/mol. The predicted molar refractivity (Wildman–Crippen MR) is 138 cm³/mol. The van der Waals surface area contributed by atoms with Crippen molar-refractivity contribution in [1.29, 1.82) is 0 Å². The number of anilines is 2. The molecule has 5 N–H and O–H groups in total. The molecule has 0 saturated carbocycles. The van der Waals surface area contributed by atoms with E-state index in [1.54, 1.807) is 0 Å². The SMILES string of the molecule is CCC(Oc1c(C)c(C)c(N)c(C)c1Cl)C(=O)NC1CCN(CC(O)Nc2ccccc2)CC1. The summed E-state index contributed by atoms with van der Waals surface area (Å²) in [7, 11) is 0. The number of nitrogens with two attached hydrogens (primary N) is 1. The Labute approximate surface area is 207 Å². The van der Waals surface area contributed by atoms with Gasteiger partial charge in [0, 0.05) is 37.1 Å². The van der Waals surface area contributed by atoms with E-state index in [2.05, 4.69) is 15.5 Å². The van der Waals surface area contributed by atoms with Crippen molar-refractivity contribution in [3.8, 4) is 5.75 Å². The number of nitrogen functional groups attached to an aromatic ring is 1. The number of carbonyl (C=O) groups is 1. The minimum absolute atomic E-state index is 0.0760. The largest absolute Gasteiger partial charge is 0.479 e. The zero-order chi connectivity index (χ0) is 24.8. The number of carbonyl (C=O) groups excluding carboxylic acids is 1. The molecular formula is C26H37ClN4O3. The summed E-state index contributed by atoms with van der Waals surface area (Å²) in [6, 6.07) is 9.74. The number of nitrogens with one attached hydrogen (secondary N) is 2. The molecule has 1 fully saturated rings. The molecule has 2 aromatic carbocycles. The highest BCUT2D eigenvalue weighted by Crippen LogP contribution is 2.39. The van der Waals surface area contributed by atoms with Gasteiger partial charge in [-0.3, -0.25) is 9.69 Å². The third-order valence-electron chi connectivity index (χ3n) is 6.64. The molecule has 0 bridgehead atoms. The molecule has 2 aromatic rings. The van der Waals surface area contributed by atoms with Crippen LogP contribution in [0.2, 0.25) is 5.02 Å². The van der Waals surface area contributed by atoms with Gasteiger partial charge >= 0.3 is 0 Å². The van der Waals surface area contributed by atoms with Gasteiger partial charge in [-0.15, -0.1) is 0 Å². The van der Waals surface area contributed by atoms with E-state index in [4.69, 9.17) is 22.1 Å². The molecule has 2 atom stereocenters. The predicted octanol–water partition coefficient (Wildman–Crippen LogP) is 4.02. The van der Waals surface area contributed by atoms with Crippen LogP contribution in [0.4, 0.5) is 11.4 Å². The molecule has 1 heterocycles. The molecule has 7 nitrogen and oxygen atoms in total. The molecule has 8 heteroatoms. The molecule has 2 unspecified atom stereocenters. The number of benzene rings is 2. The summed E-state index contributed by atoms with van der Waals surface area (Å²) < 4.78 is 6.12. The van der Waals surface area contributed by atoms with E-state index < -0.39 is 12.3 Å². The second-order valence-electron chi connectivity index (χ2n) is 9.06. The van der Waals surface area contributed by atoms with Crippen LogP contribution >= 0.6 is 11.6 Å². The molecule has 1 aliphatic heterocycles. The van der Waals surface area contributed by atoms with Crippen LogP contribution < -0.4 is 21.1 Å². The minimum atomic E-state index is -0.647. The monoisotopic (exact) mass is 488 g/mol. The van der Waals surface area contributed by atoms with Crippen molar-refractivity contribution in [2.24, 2.45) is 0 Å². The molecule has 0 radical (unpaired) electrons. The van der Waals surface area contributed by atoms with E-state index in [0.717, 1.165) is 48.3 Å². The number of hydrogen-bond acceptors (Lipinski definition) is 6. The van der Waals surface area contributed by atoms with E-state index in [-0.39, 0.29) is 11.9 Å². The van der Waals surface area contributed by atoms with E-state index in [1.807, 2.05) is 58.0 Å². The lowest BCUT2D eigenvalue weighted by Crippen LogP contribution is -2.50. The van der Waals surface area contributed by atoms with Crippen LogP contribution in [0.15, 0.2) is 30.3 Å². The van der Waals surface area contributed by atoms with Crippen LogP contribution in [0, 0.1) is 20.8 Å². The van der Waals surface area contributed by atoms with Gasteiger partial charge in [0.1, 0.15) is 12.0 Å². The molecule has 1 amide bonds. The Morgan fingerprint density at radius 2 is 1.82 bits per heavy atom. The number of hydrogen-bond donors (Lipinski definition) is 4. The van der Waals surface area contributed by atoms with Crippen LogP contribution in [-0.2, 0) is 4.79 Å². The van der Waals surface area contributed by atoms with Crippen molar-refractivity contribution in [3.05, 3.63) is 52.0 Å². The lowest BCUT2D eigenvalue weighted by atomic mass is 10.0. The van der Waals surface area contributed by atoms with Crippen molar-refractivity contribution in [1.82, 2.24) is 10.2 Å². The Balaban J connectivity index is 1.51. The third-order valence-corrected chi connectivity index (χ3v) is 7.09. The number of aliphatic hydroxyl groups is 1. The van der Waals surface area contributed by atoms with Crippen LogP contribution in [0.1, 0.15) is 42.9 Å². The molecule has 1 saturated heterocycles. The normalized spacial score (nSPS) is 16.6. The van der Waals surface area contributed by atoms with Crippen LogP contribution in [0.3, 0.4) is 0 Å². The summed E-state index contributed by atoms with van der Waals surface area (Å²) in [6.45, 7) is 9.76. The Bertz CT molecular complexity index is 949. The molecule has 186 valence electrons. The van der Waals surface area contributed by atoms with Crippen molar-refractivity contribution in [2.75, 3.05) is 30.7 Å². The molecule has 3 rings (SSSR count). The number of halogens is 1. The van der Waals surface area contributed by atoms with Gasteiger partial charge in [0.15, 0.2) is 6.10 Å². The lowest BCUT2D eigenvalue weighted by molar-refractivity contribution is -0.129. The van der Waals surface area contributed by atoms with Crippen LogP contribution in [0.5, 0.6) is 5.75 Å². The molecule has 1 aliphatic rings. The fourth-order valence-electron chi connectivity index (χ4n) is 4.28. The Hall–Kier alpha value is -2.48. The van der Waals surface area contributed by atoms with Gasteiger partial charge in [0.05, 0.1) is 5.02 Å². The van der Waals surface area contributed by atoms with Gasteiger partial charge in [-0.2, -0.15) is 0 Å². The van der Waals surface area contributed by atoms with Gasteiger partial charge in [-0.25, -0.2) is 0 Å². The maximum Gasteiger partial charge on any atom is 0.261 e. The summed E-state index contributed by atoms with van der Waals surface area (Å²) in [5, 5.41) is 17.1. The number of piperidine rings is 1. The van der Waals surface area contributed by atoms with Crippen molar-refractivity contribution < 1.29 is 14.6 Å². The maximum absolute atomic E-state index is 13.0. The zero-order valence-electron chi connectivity index (χ0n) is 20.5. The number of nitrogens with zero attached hydrogens (tertiary/aromatic N) is 1. The second kappa shape index (κ2) is 11.8. The fourth-order valence-corrected chi connectivity index (χ4v) is 4.57. The average Bonchev–Trinajstić information content (AvgIpc) is 2.83. The van der Waals surface area contributed by atoms with Gasteiger partial charge < -0.3 is 26.2 Å². The summed E-state index contributed by atoms with van der Waals surface area (Å²) in [4.78, 5) is 15.2. The summed E-state index contributed by atoms with van der Waals surface area (Å²) >= 11 is 6.51. The molecule has 0 aromatic heterocycles. The summed E-state index contributed by atoms with van der Waals surface area (Å²) in [5.74, 6) is 0.400. The zero-order valence-corrected chi connectivity index (χ0v) is 21.3. The highest BCUT2D eigenvalue weighted by atomic mass is 35.5. The van der Waals surface area contributed by atoms with Gasteiger partial charge in [-0.1, -0.05) is 36.7 Å². The number of likely N-dealkylation sites (tertiary alicyclic amines) is 1.